The van der Waals surface area contributed by atoms with Crippen molar-refractivity contribution in [2.45, 2.75) is 19.3 Å². The van der Waals surface area contributed by atoms with Crippen LogP contribution in [0.25, 0.3) is 0 Å². The summed E-state index contributed by atoms with van der Waals surface area (Å²) in [5.41, 5.74) is 2.39. The van der Waals surface area contributed by atoms with Crippen molar-refractivity contribution in [1.82, 2.24) is 10.3 Å². The van der Waals surface area contributed by atoms with Gasteiger partial charge in [-0.15, -0.1) is 0 Å². The molecule has 0 aliphatic carbocycles. The quantitative estimate of drug-likeness (QED) is 0.866. The molecule has 0 atom stereocenters. The minimum absolute atomic E-state index is 0.116. The van der Waals surface area contributed by atoms with Crippen LogP contribution in [0.15, 0.2) is 41.4 Å². The Morgan fingerprint density at radius 2 is 2.22 bits per heavy atom. The molecule has 2 heterocycles. The summed E-state index contributed by atoms with van der Waals surface area (Å²) in [4.78, 5) is 15.6. The van der Waals surface area contributed by atoms with Gasteiger partial charge in [-0.25, -0.2) is 0 Å². The van der Waals surface area contributed by atoms with Gasteiger partial charge in [0.05, 0.1) is 0 Å². The highest BCUT2D eigenvalue weighted by molar-refractivity contribution is 7.07. The number of rotatable bonds is 6. The maximum Gasteiger partial charge on any atom is 0.220 e. The molecule has 2 aromatic heterocycles. The van der Waals surface area contributed by atoms with Gasteiger partial charge in [0.15, 0.2) is 0 Å². The normalized spacial score (nSPS) is 10.2. The van der Waals surface area contributed by atoms with E-state index >= 15 is 0 Å². The van der Waals surface area contributed by atoms with E-state index < -0.39 is 0 Å². The molecule has 18 heavy (non-hydrogen) atoms. The fourth-order valence-electron chi connectivity index (χ4n) is 1.67. The van der Waals surface area contributed by atoms with Crippen molar-refractivity contribution in [3.8, 4) is 0 Å². The van der Waals surface area contributed by atoms with Crippen molar-refractivity contribution < 1.29 is 4.79 Å². The maximum absolute atomic E-state index is 11.6. The molecule has 2 rings (SSSR count). The van der Waals surface area contributed by atoms with Gasteiger partial charge in [-0.1, -0.05) is 6.07 Å². The van der Waals surface area contributed by atoms with Gasteiger partial charge in [-0.3, -0.25) is 9.78 Å². The van der Waals surface area contributed by atoms with E-state index in [0.717, 1.165) is 18.4 Å². The Morgan fingerprint density at radius 3 is 2.94 bits per heavy atom. The Balaban J connectivity index is 1.63. The number of nitrogens with zero attached hydrogens (tertiary/aromatic N) is 1. The first-order valence-electron chi connectivity index (χ1n) is 6.01. The predicted molar refractivity (Wildman–Crippen MR) is 73.6 cm³/mol. The molecule has 0 saturated heterocycles. The predicted octanol–water partition coefficient (Wildman–Crippen LogP) is 2.43. The van der Waals surface area contributed by atoms with Crippen LogP contribution in [0, 0.1) is 0 Å². The number of hydrogen-bond acceptors (Lipinski definition) is 3. The summed E-state index contributed by atoms with van der Waals surface area (Å²) >= 11 is 1.67. The topological polar surface area (TPSA) is 42.0 Å². The monoisotopic (exact) mass is 260 g/mol. The molecule has 3 nitrogen and oxygen atoms in total. The largest absolute Gasteiger partial charge is 0.356 e. The Hall–Kier alpha value is -1.68. The van der Waals surface area contributed by atoms with Crippen LogP contribution in [0.1, 0.15) is 17.5 Å². The zero-order valence-electron chi connectivity index (χ0n) is 10.1. The highest BCUT2D eigenvalue weighted by Crippen LogP contribution is 2.08. The molecular formula is C14H16N2OS. The lowest BCUT2D eigenvalue weighted by Gasteiger charge is -2.04. The average Bonchev–Trinajstić information content (AvgIpc) is 2.91. The first-order chi connectivity index (χ1) is 8.84. The molecule has 0 aliphatic rings. The van der Waals surface area contributed by atoms with E-state index in [-0.39, 0.29) is 5.91 Å². The molecule has 4 heteroatoms. The Labute approximate surface area is 111 Å². The lowest BCUT2D eigenvalue weighted by molar-refractivity contribution is -0.121. The number of thiophene rings is 1. The Bertz CT molecular complexity index is 468. The van der Waals surface area contributed by atoms with Crippen LogP contribution in [0.5, 0.6) is 0 Å². The van der Waals surface area contributed by atoms with E-state index in [1.165, 1.54) is 5.56 Å². The molecule has 0 radical (unpaired) electrons. The van der Waals surface area contributed by atoms with E-state index in [4.69, 9.17) is 0 Å². The van der Waals surface area contributed by atoms with Gasteiger partial charge in [0, 0.05) is 25.4 Å². The van der Waals surface area contributed by atoms with Gasteiger partial charge >= 0.3 is 0 Å². The summed E-state index contributed by atoms with van der Waals surface area (Å²) in [5.74, 6) is 0.116. The van der Waals surface area contributed by atoms with E-state index in [9.17, 15) is 4.79 Å². The van der Waals surface area contributed by atoms with Gasteiger partial charge in [-0.05, 0) is 46.9 Å². The number of carbonyl (C=O) groups is 1. The minimum Gasteiger partial charge on any atom is -0.356 e. The van der Waals surface area contributed by atoms with Crippen LogP contribution < -0.4 is 5.32 Å². The van der Waals surface area contributed by atoms with Crippen LogP contribution in [0.4, 0.5) is 0 Å². The van der Waals surface area contributed by atoms with Gasteiger partial charge < -0.3 is 5.32 Å². The van der Waals surface area contributed by atoms with Crippen molar-refractivity contribution in [2.24, 2.45) is 0 Å². The van der Waals surface area contributed by atoms with Crippen LogP contribution in [-0.2, 0) is 17.6 Å². The third-order valence-corrected chi connectivity index (χ3v) is 3.41. The fraction of sp³-hybridized carbons (Fsp3) is 0.286. The molecule has 0 aliphatic heterocycles. The second-order valence-electron chi connectivity index (χ2n) is 4.09. The number of carbonyl (C=O) groups excluding carboxylic acids is 1. The van der Waals surface area contributed by atoms with E-state index in [1.54, 1.807) is 17.5 Å². The Morgan fingerprint density at radius 1 is 1.28 bits per heavy atom. The second-order valence-corrected chi connectivity index (χ2v) is 4.87. The number of aromatic nitrogens is 1. The molecule has 0 unspecified atom stereocenters. The summed E-state index contributed by atoms with van der Waals surface area (Å²) in [7, 11) is 0. The molecule has 1 N–H and O–H groups in total. The van der Waals surface area contributed by atoms with Crippen molar-refractivity contribution in [3.05, 3.63) is 52.5 Å². The zero-order chi connectivity index (χ0) is 12.6. The lowest BCUT2D eigenvalue weighted by atomic mass is 10.2. The number of hydrogen-bond donors (Lipinski definition) is 1. The SMILES string of the molecule is O=C(CCc1ccsc1)NCCc1cccnc1. The van der Waals surface area contributed by atoms with Gasteiger partial charge in [0.2, 0.25) is 5.91 Å². The zero-order valence-corrected chi connectivity index (χ0v) is 11.0. The van der Waals surface area contributed by atoms with Crippen LogP contribution >= 0.6 is 11.3 Å². The van der Waals surface area contributed by atoms with Gasteiger partial charge in [0.1, 0.15) is 0 Å². The number of nitrogens with one attached hydrogen (secondary N) is 1. The maximum atomic E-state index is 11.6. The summed E-state index contributed by atoms with van der Waals surface area (Å²) in [6.07, 6.45) is 5.80. The average molecular weight is 260 g/mol. The first-order valence-corrected chi connectivity index (χ1v) is 6.95. The third kappa shape index (κ3) is 4.30. The number of aryl methyl sites for hydroxylation is 1. The number of pyridine rings is 1. The molecule has 0 saturated carbocycles. The molecule has 94 valence electrons. The van der Waals surface area contributed by atoms with E-state index in [2.05, 4.69) is 21.7 Å². The van der Waals surface area contributed by atoms with Crippen molar-refractivity contribution >= 4 is 17.2 Å². The van der Waals surface area contributed by atoms with Crippen molar-refractivity contribution in [1.29, 1.82) is 0 Å². The van der Waals surface area contributed by atoms with Crippen molar-refractivity contribution in [2.75, 3.05) is 6.54 Å². The number of amides is 1. The van der Waals surface area contributed by atoms with E-state index in [0.29, 0.717) is 13.0 Å². The molecule has 2 aromatic rings. The summed E-state index contributed by atoms with van der Waals surface area (Å²) in [5, 5.41) is 7.05. The molecule has 0 aromatic carbocycles. The van der Waals surface area contributed by atoms with Gasteiger partial charge in [0.25, 0.3) is 0 Å². The standard InChI is InChI=1S/C14H16N2OS/c17-14(4-3-13-6-9-18-11-13)16-8-5-12-2-1-7-15-10-12/h1-2,6-7,9-11H,3-5,8H2,(H,16,17). The third-order valence-electron chi connectivity index (χ3n) is 2.68. The highest BCUT2D eigenvalue weighted by atomic mass is 32.1. The van der Waals surface area contributed by atoms with Crippen molar-refractivity contribution in [3.63, 3.8) is 0 Å². The summed E-state index contributed by atoms with van der Waals surface area (Å²) < 4.78 is 0. The first kappa shape index (κ1) is 12.8. The molecule has 0 spiro atoms. The van der Waals surface area contributed by atoms with Crippen LogP contribution in [-0.4, -0.2) is 17.4 Å². The molecule has 1 amide bonds. The summed E-state index contributed by atoms with van der Waals surface area (Å²) in [6, 6.07) is 5.99. The molecule has 0 fully saturated rings. The summed E-state index contributed by atoms with van der Waals surface area (Å²) in [6.45, 7) is 0.675. The fourth-order valence-corrected chi connectivity index (χ4v) is 2.38. The van der Waals surface area contributed by atoms with Crippen LogP contribution in [0.2, 0.25) is 0 Å². The Kier molecular flexibility index (Phi) is 4.90. The molecular weight excluding hydrogens is 244 g/mol. The van der Waals surface area contributed by atoms with Crippen LogP contribution in [0.3, 0.4) is 0 Å². The minimum atomic E-state index is 0.116. The molecule has 0 bridgehead atoms. The smallest absolute Gasteiger partial charge is 0.220 e. The lowest BCUT2D eigenvalue weighted by Crippen LogP contribution is -2.25. The van der Waals surface area contributed by atoms with Gasteiger partial charge in [-0.2, -0.15) is 11.3 Å². The van der Waals surface area contributed by atoms with E-state index in [1.807, 2.05) is 23.7 Å². The highest BCUT2D eigenvalue weighted by Gasteiger charge is 2.02. The second kappa shape index (κ2) is 6.91.